The van der Waals surface area contributed by atoms with Gasteiger partial charge in [0.15, 0.2) is 0 Å². The van der Waals surface area contributed by atoms with Gasteiger partial charge in [-0.1, -0.05) is 17.9 Å². The van der Waals surface area contributed by atoms with Crippen LogP contribution in [0.4, 0.5) is 5.69 Å². The minimum absolute atomic E-state index is 0.0113. The summed E-state index contributed by atoms with van der Waals surface area (Å²) >= 11 is 0. The molecule has 1 aromatic rings. The molecule has 0 aliphatic rings. The van der Waals surface area contributed by atoms with Crippen molar-refractivity contribution < 1.29 is 14.6 Å². The van der Waals surface area contributed by atoms with Crippen molar-refractivity contribution in [2.24, 2.45) is 0 Å². The maximum absolute atomic E-state index is 11.5. The van der Waals surface area contributed by atoms with Gasteiger partial charge in [-0.05, 0) is 24.6 Å². The SMILES string of the molecule is COCC(=O)Nc1ccc(C)cc1C#CCCO. The molecule has 1 rings (SSSR count). The van der Waals surface area contributed by atoms with Gasteiger partial charge < -0.3 is 15.2 Å². The molecule has 4 heteroatoms. The Morgan fingerprint density at radius 1 is 1.50 bits per heavy atom. The number of aliphatic hydroxyl groups is 1. The van der Waals surface area contributed by atoms with Crippen molar-refractivity contribution in [3.63, 3.8) is 0 Å². The normalized spacial score (nSPS) is 9.50. The van der Waals surface area contributed by atoms with Gasteiger partial charge in [-0.15, -0.1) is 0 Å². The third-order valence-electron chi connectivity index (χ3n) is 2.18. The molecule has 0 bridgehead atoms. The van der Waals surface area contributed by atoms with Crippen LogP contribution in [0.3, 0.4) is 0 Å². The molecule has 0 radical (unpaired) electrons. The number of anilines is 1. The first-order valence-electron chi connectivity index (χ1n) is 5.66. The van der Waals surface area contributed by atoms with Crippen LogP contribution < -0.4 is 5.32 Å². The Labute approximate surface area is 107 Å². The van der Waals surface area contributed by atoms with Crippen molar-refractivity contribution in [1.29, 1.82) is 0 Å². The van der Waals surface area contributed by atoms with E-state index >= 15 is 0 Å². The van der Waals surface area contributed by atoms with Crippen LogP contribution in [0.2, 0.25) is 0 Å². The predicted octanol–water partition coefficient (Wildman–Crippen LogP) is 1.31. The number of rotatable bonds is 4. The van der Waals surface area contributed by atoms with E-state index in [-0.39, 0.29) is 19.1 Å². The Hall–Kier alpha value is -1.83. The Balaban J connectivity index is 2.90. The summed E-state index contributed by atoms with van der Waals surface area (Å²) in [6.07, 6.45) is 0.416. The average Bonchev–Trinajstić information content (AvgIpc) is 2.33. The number of hydrogen-bond donors (Lipinski definition) is 2. The zero-order chi connectivity index (χ0) is 13.4. The topological polar surface area (TPSA) is 58.6 Å². The quantitative estimate of drug-likeness (QED) is 0.789. The number of aryl methyl sites for hydroxylation is 1. The first-order chi connectivity index (χ1) is 8.67. The summed E-state index contributed by atoms with van der Waals surface area (Å²) in [6, 6.07) is 5.61. The van der Waals surface area contributed by atoms with Crippen molar-refractivity contribution in [1.82, 2.24) is 0 Å². The summed E-state index contributed by atoms with van der Waals surface area (Å²) in [4.78, 5) is 11.5. The Morgan fingerprint density at radius 3 is 2.94 bits per heavy atom. The van der Waals surface area contributed by atoms with Gasteiger partial charge in [-0.2, -0.15) is 0 Å². The average molecular weight is 247 g/mol. The zero-order valence-electron chi connectivity index (χ0n) is 10.6. The Morgan fingerprint density at radius 2 is 2.28 bits per heavy atom. The lowest BCUT2D eigenvalue weighted by Crippen LogP contribution is -2.17. The molecule has 1 aromatic carbocycles. The standard InChI is InChI=1S/C14H17NO3/c1-11-6-7-13(15-14(17)10-18-2)12(9-11)5-3-4-8-16/h6-7,9,16H,4,8,10H2,1-2H3,(H,15,17). The molecule has 0 aliphatic carbocycles. The third-order valence-corrected chi connectivity index (χ3v) is 2.18. The Kier molecular flexibility index (Phi) is 5.92. The number of aliphatic hydroxyl groups excluding tert-OH is 1. The number of nitrogens with one attached hydrogen (secondary N) is 1. The van der Waals surface area contributed by atoms with E-state index in [4.69, 9.17) is 9.84 Å². The highest BCUT2D eigenvalue weighted by Crippen LogP contribution is 2.16. The number of carbonyl (C=O) groups is 1. The molecule has 0 atom stereocenters. The first kappa shape index (κ1) is 14.2. The van der Waals surface area contributed by atoms with Crippen molar-refractivity contribution >= 4 is 11.6 Å². The fourth-order valence-corrected chi connectivity index (χ4v) is 1.40. The van der Waals surface area contributed by atoms with E-state index in [1.165, 1.54) is 7.11 Å². The van der Waals surface area contributed by atoms with Crippen LogP contribution in [-0.4, -0.2) is 31.3 Å². The van der Waals surface area contributed by atoms with Crippen LogP contribution >= 0.6 is 0 Å². The highest BCUT2D eigenvalue weighted by Gasteiger charge is 2.05. The maximum Gasteiger partial charge on any atom is 0.250 e. The monoisotopic (exact) mass is 247 g/mol. The van der Waals surface area contributed by atoms with E-state index in [0.717, 1.165) is 11.1 Å². The van der Waals surface area contributed by atoms with Gasteiger partial charge in [-0.3, -0.25) is 4.79 Å². The molecular weight excluding hydrogens is 230 g/mol. The molecule has 0 saturated heterocycles. The molecule has 0 aromatic heterocycles. The van der Waals surface area contributed by atoms with Crippen LogP contribution in [0, 0.1) is 18.8 Å². The molecule has 0 spiro atoms. The summed E-state index contributed by atoms with van der Waals surface area (Å²) in [5, 5.41) is 11.4. The van der Waals surface area contributed by atoms with E-state index in [1.807, 2.05) is 25.1 Å². The van der Waals surface area contributed by atoms with Gasteiger partial charge >= 0.3 is 0 Å². The highest BCUT2D eigenvalue weighted by atomic mass is 16.5. The van der Waals surface area contributed by atoms with Crippen molar-refractivity contribution in [2.75, 3.05) is 25.6 Å². The molecule has 0 unspecified atom stereocenters. The van der Waals surface area contributed by atoms with E-state index in [1.54, 1.807) is 0 Å². The number of carbonyl (C=O) groups excluding carboxylic acids is 1. The summed E-state index contributed by atoms with van der Waals surface area (Å²) in [7, 11) is 1.47. The summed E-state index contributed by atoms with van der Waals surface area (Å²) in [5.74, 6) is 5.56. The lowest BCUT2D eigenvalue weighted by Gasteiger charge is -2.07. The van der Waals surface area contributed by atoms with Crippen LogP contribution in [-0.2, 0) is 9.53 Å². The Bertz CT molecular complexity index is 472. The number of methoxy groups -OCH3 is 1. The fourth-order valence-electron chi connectivity index (χ4n) is 1.40. The maximum atomic E-state index is 11.5. The third kappa shape index (κ3) is 4.58. The second-order valence-corrected chi connectivity index (χ2v) is 3.81. The minimum atomic E-state index is -0.216. The molecule has 4 nitrogen and oxygen atoms in total. The number of ether oxygens (including phenoxy) is 1. The van der Waals surface area contributed by atoms with Crippen molar-refractivity contribution in [3.8, 4) is 11.8 Å². The number of benzene rings is 1. The number of amides is 1. The van der Waals surface area contributed by atoms with Gasteiger partial charge in [0.25, 0.3) is 0 Å². The molecular formula is C14H17NO3. The van der Waals surface area contributed by atoms with Gasteiger partial charge in [0.05, 0.1) is 12.3 Å². The molecule has 2 N–H and O–H groups in total. The smallest absolute Gasteiger partial charge is 0.250 e. The minimum Gasteiger partial charge on any atom is -0.395 e. The van der Waals surface area contributed by atoms with Crippen LogP contribution in [0.25, 0.3) is 0 Å². The first-order valence-corrected chi connectivity index (χ1v) is 5.66. The van der Waals surface area contributed by atoms with Gasteiger partial charge in [-0.25, -0.2) is 0 Å². The van der Waals surface area contributed by atoms with E-state index in [0.29, 0.717) is 12.1 Å². The van der Waals surface area contributed by atoms with Crippen molar-refractivity contribution in [2.45, 2.75) is 13.3 Å². The molecule has 0 fully saturated rings. The van der Waals surface area contributed by atoms with E-state index in [9.17, 15) is 4.79 Å². The largest absolute Gasteiger partial charge is 0.395 e. The summed E-state index contributed by atoms with van der Waals surface area (Å²) in [5.41, 5.74) is 2.47. The van der Waals surface area contributed by atoms with Crippen molar-refractivity contribution in [3.05, 3.63) is 29.3 Å². The number of hydrogen-bond acceptors (Lipinski definition) is 3. The van der Waals surface area contributed by atoms with Gasteiger partial charge in [0.2, 0.25) is 5.91 Å². The molecule has 18 heavy (non-hydrogen) atoms. The van der Waals surface area contributed by atoms with Gasteiger partial charge in [0.1, 0.15) is 6.61 Å². The molecule has 96 valence electrons. The lowest BCUT2D eigenvalue weighted by molar-refractivity contribution is -0.119. The summed E-state index contributed by atoms with van der Waals surface area (Å²) < 4.78 is 4.76. The summed E-state index contributed by atoms with van der Waals surface area (Å²) in [6.45, 7) is 2.00. The second-order valence-electron chi connectivity index (χ2n) is 3.81. The van der Waals surface area contributed by atoms with E-state index < -0.39 is 0 Å². The molecule has 0 saturated carbocycles. The second kappa shape index (κ2) is 7.49. The predicted molar refractivity (Wildman–Crippen MR) is 70.3 cm³/mol. The lowest BCUT2D eigenvalue weighted by atomic mass is 10.1. The van der Waals surface area contributed by atoms with Crippen LogP contribution in [0.1, 0.15) is 17.5 Å². The molecule has 0 aliphatic heterocycles. The van der Waals surface area contributed by atoms with Crippen LogP contribution in [0.5, 0.6) is 0 Å². The zero-order valence-corrected chi connectivity index (χ0v) is 10.6. The van der Waals surface area contributed by atoms with Gasteiger partial charge in [0, 0.05) is 19.1 Å². The molecule has 0 heterocycles. The van der Waals surface area contributed by atoms with Crippen LogP contribution in [0.15, 0.2) is 18.2 Å². The molecule has 1 amide bonds. The highest BCUT2D eigenvalue weighted by molar-refractivity contribution is 5.93. The fraction of sp³-hybridized carbons (Fsp3) is 0.357. The van der Waals surface area contributed by atoms with E-state index in [2.05, 4.69) is 17.2 Å².